The Morgan fingerprint density at radius 2 is 2.00 bits per heavy atom. The number of rotatable bonds is 4. The Kier molecular flexibility index (Phi) is 4.45. The fourth-order valence-electron chi connectivity index (χ4n) is 3.89. The van der Waals surface area contributed by atoms with Crippen molar-refractivity contribution in [2.45, 2.75) is 44.2 Å². The Morgan fingerprint density at radius 1 is 1.16 bits per heavy atom. The number of Topliss-reactive ketones (excluding diaryl/α,β-unsaturated/α-hetero) is 1. The van der Waals surface area contributed by atoms with Gasteiger partial charge in [0.25, 0.3) is 0 Å². The summed E-state index contributed by atoms with van der Waals surface area (Å²) in [4.78, 5) is 29.0. The molecule has 0 radical (unpaired) electrons. The van der Waals surface area contributed by atoms with Gasteiger partial charge in [-0.1, -0.05) is 36.4 Å². The second-order valence-electron chi connectivity index (χ2n) is 6.95. The van der Waals surface area contributed by atoms with Gasteiger partial charge in [0.1, 0.15) is 0 Å². The quantitative estimate of drug-likeness (QED) is 0.921. The van der Waals surface area contributed by atoms with Gasteiger partial charge in [-0.25, -0.2) is 0 Å². The number of hydrogen-bond acceptors (Lipinski definition) is 4. The van der Waals surface area contributed by atoms with Crippen LogP contribution < -0.4 is 5.32 Å². The van der Waals surface area contributed by atoms with Gasteiger partial charge in [-0.05, 0) is 42.0 Å². The Hall–Kier alpha value is -2.33. The third-order valence-corrected chi connectivity index (χ3v) is 5.23. The molecule has 2 unspecified atom stereocenters. The molecule has 128 valence electrons. The molecule has 1 aromatic rings. The van der Waals surface area contributed by atoms with E-state index in [0.29, 0.717) is 25.1 Å². The van der Waals surface area contributed by atoms with Crippen LogP contribution in [-0.2, 0) is 16.0 Å². The average molecular weight is 334 g/mol. The summed E-state index contributed by atoms with van der Waals surface area (Å²) >= 11 is 0. The fourth-order valence-corrected chi connectivity index (χ4v) is 3.89. The van der Waals surface area contributed by atoms with Crippen molar-refractivity contribution < 1.29 is 9.59 Å². The van der Waals surface area contributed by atoms with Crippen LogP contribution >= 0.6 is 0 Å². The van der Waals surface area contributed by atoms with Crippen LogP contribution in [0, 0.1) is 0 Å². The second-order valence-corrected chi connectivity index (χ2v) is 6.95. The fraction of sp³-hybridized carbons (Fsp3) is 0.381. The molecule has 0 saturated heterocycles. The second kappa shape index (κ2) is 6.89. The van der Waals surface area contributed by atoms with Crippen LogP contribution in [0.3, 0.4) is 0 Å². The van der Waals surface area contributed by atoms with E-state index >= 15 is 0 Å². The minimum atomic E-state index is -0.0765. The van der Waals surface area contributed by atoms with E-state index in [-0.39, 0.29) is 23.7 Å². The van der Waals surface area contributed by atoms with Crippen LogP contribution in [0.2, 0.25) is 0 Å². The first-order chi connectivity index (χ1) is 12.2. The zero-order valence-electron chi connectivity index (χ0n) is 14.2. The Balaban J connectivity index is 1.50. The molecule has 0 amide bonds. The molecule has 2 aliphatic heterocycles. The van der Waals surface area contributed by atoms with E-state index in [0.717, 1.165) is 24.8 Å². The number of allylic oxidation sites excluding steroid dienone is 1. The van der Waals surface area contributed by atoms with Gasteiger partial charge in [-0.2, -0.15) is 0 Å². The van der Waals surface area contributed by atoms with Crippen molar-refractivity contribution in [2.24, 2.45) is 4.99 Å². The van der Waals surface area contributed by atoms with E-state index < -0.39 is 0 Å². The highest BCUT2D eigenvalue weighted by molar-refractivity contribution is 6.42. The smallest absolute Gasteiger partial charge is 0.178 e. The third-order valence-electron chi connectivity index (χ3n) is 5.23. The maximum Gasteiger partial charge on any atom is 0.178 e. The Labute approximate surface area is 147 Å². The van der Waals surface area contributed by atoms with Crippen molar-refractivity contribution in [1.82, 2.24) is 5.32 Å². The van der Waals surface area contributed by atoms with Gasteiger partial charge in [-0.3, -0.25) is 19.9 Å². The number of hydrogen-bond donors (Lipinski definition) is 1. The average Bonchev–Trinajstić information content (AvgIpc) is 2.64. The summed E-state index contributed by atoms with van der Waals surface area (Å²) in [5.41, 5.74) is 4.11. The molecule has 0 fully saturated rings. The van der Waals surface area contributed by atoms with Crippen molar-refractivity contribution in [3.8, 4) is 0 Å². The lowest BCUT2D eigenvalue weighted by atomic mass is 9.81. The zero-order chi connectivity index (χ0) is 17.2. The van der Waals surface area contributed by atoms with Gasteiger partial charge in [0.15, 0.2) is 11.6 Å². The highest BCUT2D eigenvalue weighted by atomic mass is 16.1. The number of carbonyl (C=O) groups excluding carboxylic acids is 2. The van der Waals surface area contributed by atoms with Crippen LogP contribution in [0.1, 0.15) is 31.2 Å². The number of fused-ring (bicyclic) bond motifs is 2. The highest BCUT2D eigenvalue weighted by Gasteiger charge is 2.35. The van der Waals surface area contributed by atoms with Gasteiger partial charge in [0.05, 0.1) is 11.8 Å². The van der Waals surface area contributed by atoms with E-state index in [4.69, 9.17) is 0 Å². The van der Waals surface area contributed by atoms with Crippen LogP contribution in [0.15, 0.2) is 58.6 Å². The maximum absolute atomic E-state index is 12.8. The SMILES string of the molecule is O=C1C=C2C=C3CCN=C(C(=O)CCc4ccccc4)C3NC2CC1. The van der Waals surface area contributed by atoms with Crippen molar-refractivity contribution >= 4 is 17.3 Å². The summed E-state index contributed by atoms with van der Waals surface area (Å²) in [5, 5.41) is 3.57. The molecule has 0 saturated carbocycles. The molecule has 2 atom stereocenters. The monoisotopic (exact) mass is 334 g/mol. The number of aryl methyl sites for hydroxylation is 1. The van der Waals surface area contributed by atoms with Gasteiger partial charge in [0.2, 0.25) is 0 Å². The summed E-state index contributed by atoms with van der Waals surface area (Å²) in [5.74, 6) is 0.332. The molecular formula is C21H22N2O2. The number of benzene rings is 1. The summed E-state index contributed by atoms with van der Waals surface area (Å²) in [7, 11) is 0. The number of aliphatic imine (C=N–C) groups is 1. The van der Waals surface area contributed by atoms with E-state index in [1.165, 1.54) is 11.1 Å². The lowest BCUT2D eigenvalue weighted by Crippen LogP contribution is -2.52. The standard InChI is InChI=1S/C21H22N2O2/c24-17-7-8-18-16(13-17)12-15-10-11-22-21(20(15)23-18)19(25)9-6-14-4-2-1-3-5-14/h1-5,12-13,18,20,23H,6-11H2. The molecule has 1 aromatic carbocycles. The predicted octanol–water partition coefficient (Wildman–Crippen LogP) is 2.59. The molecule has 25 heavy (non-hydrogen) atoms. The lowest BCUT2D eigenvalue weighted by Gasteiger charge is -2.37. The molecule has 4 nitrogen and oxygen atoms in total. The molecule has 1 aliphatic carbocycles. The molecular weight excluding hydrogens is 312 g/mol. The predicted molar refractivity (Wildman–Crippen MR) is 97.8 cm³/mol. The number of nitrogens with one attached hydrogen (secondary N) is 1. The molecule has 2 heterocycles. The highest BCUT2D eigenvalue weighted by Crippen LogP contribution is 2.29. The van der Waals surface area contributed by atoms with Gasteiger partial charge in [-0.15, -0.1) is 0 Å². The number of ketones is 2. The zero-order valence-corrected chi connectivity index (χ0v) is 14.2. The Morgan fingerprint density at radius 3 is 2.84 bits per heavy atom. The van der Waals surface area contributed by atoms with E-state index in [9.17, 15) is 9.59 Å². The normalized spacial score (nSPS) is 25.3. The first-order valence-corrected chi connectivity index (χ1v) is 9.03. The third kappa shape index (κ3) is 3.40. The van der Waals surface area contributed by atoms with E-state index in [1.807, 2.05) is 18.2 Å². The summed E-state index contributed by atoms with van der Waals surface area (Å²) in [6, 6.07) is 10.2. The van der Waals surface area contributed by atoms with Crippen molar-refractivity contribution in [3.05, 3.63) is 59.2 Å². The van der Waals surface area contributed by atoms with Crippen LogP contribution in [0.25, 0.3) is 0 Å². The van der Waals surface area contributed by atoms with Crippen LogP contribution in [-0.4, -0.2) is 35.9 Å². The van der Waals surface area contributed by atoms with E-state index in [2.05, 4.69) is 28.5 Å². The van der Waals surface area contributed by atoms with Crippen LogP contribution in [0.5, 0.6) is 0 Å². The van der Waals surface area contributed by atoms with Gasteiger partial charge < -0.3 is 0 Å². The summed E-state index contributed by atoms with van der Waals surface area (Å²) in [6.07, 6.45) is 7.34. The van der Waals surface area contributed by atoms with Crippen molar-refractivity contribution in [2.75, 3.05) is 6.54 Å². The van der Waals surface area contributed by atoms with Gasteiger partial charge >= 0.3 is 0 Å². The number of carbonyl (C=O) groups is 2. The van der Waals surface area contributed by atoms with E-state index in [1.54, 1.807) is 6.08 Å². The molecule has 0 bridgehead atoms. The summed E-state index contributed by atoms with van der Waals surface area (Å²) in [6.45, 7) is 0.655. The first kappa shape index (κ1) is 16.2. The largest absolute Gasteiger partial charge is 0.298 e. The van der Waals surface area contributed by atoms with Gasteiger partial charge in [0, 0.05) is 25.4 Å². The minimum absolute atomic E-state index is 0.0765. The molecule has 4 heteroatoms. The summed E-state index contributed by atoms with van der Waals surface area (Å²) < 4.78 is 0. The lowest BCUT2D eigenvalue weighted by molar-refractivity contribution is -0.115. The molecule has 0 spiro atoms. The van der Waals surface area contributed by atoms with Crippen LogP contribution in [0.4, 0.5) is 0 Å². The maximum atomic E-state index is 12.8. The first-order valence-electron chi connectivity index (χ1n) is 9.03. The number of nitrogens with zero attached hydrogens (tertiary/aromatic N) is 1. The molecule has 3 aliphatic rings. The minimum Gasteiger partial charge on any atom is -0.298 e. The molecule has 4 rings (SSSR count). The molecule has 0 aromatic heterocycles. The Bertz CT molecular complexity index is 789. The van der Waals surface area contributed by atoms with Crippen molar-refractivity contribution in [1.29, 1.82) is 0 Å². The van der Waals surface area contributed by atoms with Crippen molar-refractivity contribution in [3.63, 3.8) is 0 Å². The molecule has 1 N–H and O–H groups in total. The topological polar surface area (TPSA) is 58.5 Å².